The highest BCUT2D eigenvalue weighted by atomic mass is 35.5. The molecule has 0 fully saturated rings. The van der Waals surface area contributed by atoms with Gasteiger partial charge in [0.1, 0.15) is 5.75 Å². The van der Waals surface area contributed by atoms with Crippen LogP contribution in [0.4, 0.5) is 5.82 Å². The molecule has 6 heteroatoms. The van der Waals surface area contributed by atoms with E-state index in [0.29, 0.717) is 10.8 Å². The molecule has 20 heavy (non-hydrogen) atoms. The SMILES string of the molecule is C[C@H](Oc1ccccc1)C(=O)Nc1ncc(Cl)cc1Cl. The van der Waals surface area contributed by atoms with E-state index in [1.165, 1.54) is 12.3 Å². The molecule has 0 saturated carbocycles. The van der Waals surface area contributed by atoms with Gasteiger partial charge in [-0.2, -0.15) is 0 Å². The molecule has 0 unspecified atom stereocenters. The molecule has 1 aromatic carbocycles. The van der Waals surface area contributed by atoms with E-state index >= 15 is 0 Å². The summed E-state index contributed by atoms with van der Waals surface area (Å²) in [6.45, 7) is 1.64. The van der Waals surface area contributed by atoms with Crippen molar-refractivity contribution in [1.82, 2.24) is 4.98 Å². The van der Waals surface area contributed by atoms with Crippen molar-refractivity contribution in [2.75, 3.05) is 5.32 Å². The lowest BCUT2D eigenvalue weighted by Gasteiger charge is -2.14. The van der Waals surface area contributed by atoms with Crippen LogP contribution in [-0.4, -0.2) is 17.0 Å². The van der Waals surface area contributed by atoms with Crippen LogP contribution in [0, 0.1) is 0 Å². The standard InChI is InChI=1S/C14H12Cl2N2O2/c1-9(20-11-5-3-2-4-6-11)14(19)18-13-12(16)7-10(15)8-17-13/h2-9H,1H3,(H,17,18,19)/t9-/m0/s1. The fraction of sp³-hybridized carbons (Fsp3) is 0.143. The summed E-state index contributed by atoms with van der Waals surface area (Å²) < 4.78 is 5.50. The number of nitrogens with one attached hydrogen (secondary N) is 1. The molecule has 0 saturated heterocycles. The van der Waals surface area contributed by atoms with Gasteiger partial charge >= 0.3 is 0 Å². The summed E-state index contributed by atoms with van der Waals surface area (Å²) in [6, 6.07) is 10.6. The highest BCUT2D eigenvalue weighted by Crippen LogP contribution is 2.22. The van der Waals surface area contributed by atoms with E-state index in [-0.39, 0.29) is 16.7 Å². The van der Waals surface area contributed by atoms with Crippen LogP contribution in [-0.2, 0) is 4.79 Å². The Labute approximate surface area is 126 Å². The van der Waals surface area contributed by atoms with E-state index in [2.05, 4.69) is 10.3 Å². The molecule has 2 rings (SSSR count). The summed E-state index contributed by atoms with van der Waals surface area (Å²) in [5, 5.41) is 3.27. The maximum Gasteiger partial charge on any atom is 0.266 e. The third-order valence-corrected chi connectivity index (χ3v) is 2.97. The van der Waals surface area contributed by atoms with Crippen molar-refractivity contribution in [3.05, 3.63) is 52.6 Å². The highest BCUT2D eigenvalue weighted by molar-refractivity contribution is 6.36. The van der Waals surface area contributed by atoms with Gasteiger partial charge in [-0.15, -0.1) is 0 Å². The van der Waals surface area contributed by atoms with E-state index in [1.54, 1.807) is 19.1 Å². The van der Waals surface area contributed by atoms with Gasteiger partial charge in [0.15, 0.2) is 11.9 Å². The lowest BCUT2D eigenvalue weighted by atomic mass is 10.3. The van der Waals surface area contributed by atoms with Crippen molar-refractivity contribution >= 4 is 34.9 Å². The van der Waals surface area contributed by atoms with Crippen LogP contribution in [0.1, 0.15) is 6.92 Å². The first-order valence-electron chi connectivity index (χ1n) is 5.90. The van der Waals surface area contributed by atoms with Gasteiger partial charge in [-0.1, -0.05) is 41.4 Å². The van der Waals surface area contributed by atoms with Gasteiger partial charge in [-0.05, 0) is 25.1 Å². The minimum Gasteiger partial charge on any atom is -0.481 e. The number of benzene rings is 1. The van der Waals surface area contributed by atoms with Crippen LogP contribution in [0.25, 0.3) is 0 Å². The minimum absolute atomic E-state index is 0.254. The van der Waals surface area contributed by atoms with E-state index in [1.807, 2.05) is 18.2 Å². The minimum atomic E-state index is -0.675. The van der Waals surface area contributed by atoms with Crippen LogP contribution >= 0.6 is 23.2 Å². The molecule has 0 spiro atoms. The molecule has 4 nitrogen and oxygen atoms in total. The number of hydrogen-bond acceptors (Lipinski definition) is 3. The van der Waals surface area contributed by atoms with Crippen LogP contribution in [0.2, 0.25) is 10.0 Å². The van der Waals surface area contributed by atoms with Crippen molar-refractivity contribution in [2.45, 2.75) is 13.0 Å². The van der Waals surface area contributed by atoms with E-state index in [4.69, 9.17) is 27.9 Å². The van der Waals surface area contributed by atoms with Crippen molar-refractivity contribution in [1.29, 1.82) is 0 Å². The number of carbonyl (C=O) groups excluding carboxylic acids is 1. The van der Waals surface area contributed by atoms with E-state index < -0.39 is 6.10 Å². The fourth-order valence-electron chi connectivity index (χ4n) is 1.48. The normalized spacial score (nSPS) is 11.8. The smallest absolute Gasteiger partial charge is 0.266 e. The number of hydrogen-bond donors (Lipinski definition) is 1. The van der Waals surface area contributed by atoms with Gasteiger partial charge in [0, 0.05) is 6.20 Å². The maximum absolute atomic E-state index is 12.0. The summed E-state index contributed by atoms with van der Waals surface area (Å²) in [6.07, 6.45) is 0.733. The monoisotopic (exact) mass is 310 g/mol. The molecule has 1 aromatic heterocycles. The molecule has 1 N–H and O–H groups in total. The average Bonchev–Trinajstić information content (AvgIpc) is 2.43. The number of amides is 1. The number of anilines is 1. The Bertz CT molecular complexity index is 605. The Kier molecular flexibility index (Phi) is 4.82. The highest BCUT2D eigenvalue weighted by Gasteiger charge is 2.16. The second-order valence-corrected chi connectivity index (χ2v) is 4.89. The van der Waals surface area contributed by atoms with Crippen molar-refractivity contribution in [2.24, 2.45) is 0 Å². The molecule has 104 valence electrons. The van der Waals surface area contributed by atoms with Gasteiger partial charge in [0.05, 0.1) is 10.0 Å². The molecule has 0 bridgehead atoms. The number of halogens is 2. The summed E-state index contributed by atoms with van der Waals surface area (Å²) in [7, 11) is 0. The van der Waals surface area contributed by atoms with Crippen molar-refractivity contribution in [3.8, 4) is 5.75 Å². The van der Waals surface area contributed by atoms with Crippen LogP contribution < -0.4 is 10.1 Å². The Morgan fingerprint density at radius 2 is 2.00 bits per heavy atom. The first-order chi connectivity index (χ1) is 9.56. The predicted octanol–water partition coefficient (Wildman–Crippen LogP) is 3.79. The number of rotatable bonds is 4. The van der Waals surface area contributed by atoms with Crippen molar-refractivity contribution in [3.63, 3.8) is 0 Å². The first-order valence-corrected chi connectivity index (χ1v) is 6.65. The molecule has 0 aliphatic rings. The Morgan fingerprint density at radius 3 is 2.65 bits per heavy atom. The van der Waals surface area contributed by atoms with Gasteiger partial charge in [-0.3, -0.25) is 4.79 Å². The molecule has 1 atom stereocenters. The van der Waals surface area contributed by atoms with Gasteiger partial charge in [0.25, 0.3) is 5.91 Å². The predicted molar refractivity (Wildman–Crippen MR) is 79.4 cm³/mol. The Morgan fingerprint density at radius 1 is 1.30 bits per heavy atom. The summed E-state index contributed by atoms with van der Waals surface area (Å²) in [4.78, 5) is 15.9. The first kappa shape index (κ1) is 14.6. The number of para-hydroxylation sites is 1. The lowest BCUT2D eigenvalue weighted by molar-refractivity contribution is -0.122. The van der Waals surface area contributed by atoms with Gasteiger partial charge in [0.2, 0.25) is 0 Å². The molecule has 0 aliphatic heterocycles. The molecular formula is C14H12Cl2N2O2. The number of carbonyl (C=O) groups is 1. The zero-order valence-electron chi connectivity index (χ0n) is 10.6. The lowest BCUT2D eigenvalue weighted by Crippen LogP contribution is -2.30. The summed E-state index contributed by atoms with van der Waals surface area (Å²) >= 11 is 11.7. The Balaban J connectivity index is 2.01. The average molecular weight is 311 g/mol. The van der Waals surface area contributed by atoms with Crippen molar-refractivity contribution < 1.29 is 9.53 Å². The molecule has 0 radical (unpaired) electrons. The quantitative estimate of drug-likeness (QED) is 0.934. The number of pyridine rings is 1. The largest absolute Gasteiger partial charge is 0.481 e. The molecule has 1 heterocycles. The van der Waals surface area contributed by atoms with Crippen LogP contribution in [0.3, 0.4) is 0 Å². The van der Waals surface area contributed by atoms with E-state index in [9.17, 15) is 4.79 Å². The third kappa shape index (κ3) is 3.85. The maximum atomic E-state index is 12.0. The zero-order valence-corrected chi connectivity index (χ0v) is 12.2. The zero-order chi connectivity index (χ0) is 14.5. The third-order valence-electron chi connectivity index (χ3n) is 2.47. The molecule has 1 amide bonds. The fourth-order valence-corrected chi connectivity index (χ4v) is 1.91. The van der Waals surface area contributed by atoms with Crippen LogP contribution in [0.15, 0.2) is 42.6 Å². The topological polar surface area (TPSA) is 51.2 Å². The number of ether oxygens (including phenoxy) is 1. The van der Waals surface area contributed by atoms with E-state index in [0.717, 1.165) is 0 Å². The number of aromatic nitrogens is 1. The van der Waals surface area contributed by atoms with Crippen LogP contribution in [0.5, 0.6) is 5.75 Å². The number of nitrogens with zero attached hydrogens (tertiary/aromatic N) is 1. The molecule has 2 aromatic rings. The Hall–Kier alpha value is -1.78. The second-order valence-electron chi connectivity index (χ2n) is 4.05. The molecule has 0 aliphatic carbocycles. The molecular weight excluding hydrogens is 299 g/mol. The summed E-state index contributed by atoms with van der Waals surface area (Å²) in [5.41, 5.74) is 0. The second kappa shape index (κ2) is 6.59. The van der Waals surface area contributed by atoms with Gasteiger partial charge in [-0.25, -0.2) is 4.98 Å². The van der Waals surface area contributed by atoms with Gasteiger partial charge < -0.3 is 10.1 Å². The summed E-state index contributed by atoms with van der Waals surface area (Å²) in [5.74, 6) is 0.528.